The average molecular weight is 308 g/mol. The Balaban J connectivity index is 1.66. The van der Waals surface area contributed by atoms with Crippen molar-refractivity contribution >= 4 is 15.9 Å². The summed E-state index contributed by atoms with van der Waals surface area (Å²) in [7, 11) is 0. The molecule has 1 aliphatic rings. The van der Waals surface area contributed by atoms with Gasteiger partial charge in [0.1, 0.15) is 0 Å². The summed E-state index contributed by atoms with van der Waals surface area (Å²) in [4.78, 5) is 4.41. The van der Waals surface area contributed by atoms with E-state index in [4.69, 9.17) is 4.52 Å². The van der Waals surface area contributed by atoms with Gasteiger partial charge in [-0.1, -0.05) is 33.2 Å². The second-order valence-electron chi connectivity index (χ2n) is 4.47. The lowest BCUT2D eigenvalue weighted by molar-refractivity contribution is 0.376. The van der Waals surface area contributed by atoms with Crippen molar-refractivity contribution in [2.75, 3.05) is 6.54 Å². The van der Waals surface area contributed by atoms with E-state index in [-0.39, 0.29) is 0 Å². The van der Waals surface area contributed by atoms with Gasteiger partial charge in [-0.3, -0.25) is 0 Å². The minimum Gasteiger partial charge on any atom is -0.339 e. The summed E-state index contributed by atoms with van der Waals surface area (Å²) >= 11 is 3.49. The predicted octanol–water partition coefficient (Wildman–Crippen LogP) is 2.79. The van der Waals surface area contributed by atoms with Crippen LogP contribution in [0.1, 0.15) is 18.7 Å². The van der Waals surface area contributed by atoms with Crippen molar-refractivity contribution in [1.82, 2.24) is 15.5 Å². The molecule has 0 radical (unpaired) electrons. The molecule has 1 aromatic heterocycles. The first-order chi connectivity index (χ1) is 8.83. The zero-order valence-corrected chi connectivity index (χ0v) is 11.5. The highest BCUT2D eigenvalue weighted by Gasteiger charge is 2.20. The molecule has 5 heteroatoms. The van der Waals surface area contributed by atoms with E-state index in [0.29, 0.717) is 11.7 Å². The Bertz CT molecular complexity index is 537. The van der Waals surface area contributed by atoms with E-state index < -0.39 is 0 Å². The van der Waals surface area contributed by atoms with Crippen LogP contribution in [0.4, 0.5) is 0 Å². The lowest BCUT2D eigenvalue weighted by atomic mass is 10.2. The maximum atomic E-state index is 5.25. The summed E-state index contributed by atoms with van der Waals surface area (Å²) in [6.07, 6.45) is 3.38. The molecule has 0 saturated heterocycles. The predicted molar refractivity (Wildman–Crippen MR) is 72.2 cm³/mol. The number of nitrogens with one attached hydrogen (secondary N) is 1. The smallest absolute Gasteiger partial charge is 0.228 e. The third kappa shape index (κ3) is 2.79. The summed E-state index contributed by atoms with van der Waals surface area (Å²) in [5.74, 6) is 1.33. The first kappa shape index (κ1) is 11.9. The number of rotatable bonds is 5. The van der Waals surface area contributed by atoms with Crippen LogP contribution in [-0.2, 0) is 6.42 Å². The van der Waals surface area contributed by atoms with Crippen molar-refractivity contribution in [3.05, 3.63) is 34.6 Å². The molecular weight excluding hydrogens is 294 g/mol. The van der Waals surface area contributed by atoms with Crippen molar-refractivity contribution in [2.45, 2.75) is 25.3 Å². The van der Waals surface area contributed by atoms with Gasteiger partial charge in [-0.15, -0.1) is 0 Å². The lowest BCUT2D eigenvalue weighted by Gasteiger charge is -1.98. The molecular formula is C13H14BrN3O. The summed E-state index contributed by atoms with van der Waals surface area (Å²) < 4.78 is 6.23. The Kier molecular flexibility index (Phi) is 3.43. The standard InChI is InChI=1S/C13H14BrN3O/c14-11-4-2-1-3-10(11)13-16-12(18-17-13)7-8-15-9-5-6-9/h1-4,9,15H,5-8H2. The number of hydrogen-bond acceptors (Lipinski definition) is 4. The van der Waals surface area contributed by atoms with Gasteiger partial charge in [0.2, 0.25) is 11.7 Å². The number of halogens is 1. The first-order valence-corrected chi connectivity index (χ1v) is 6.93. The largest absolute Gasteiger partial charge is 0.339 e. The van der Waals surface area contributed by atoms with Crippen LogP contribution < -0.4 is 5.32 Å². The van der Waals surface area contributed by atoms with Crippen LogP contribution in [0.25, 0.3) is 11.4 Å². The number of hydrogen-bond donors (Lipinski definition) is 1. The maximum absolute atomic E-state index is 5.25. The molecule has 94 valence electrons. The first-order valence-electron chi connectivity index (χ1n) is 6.14. The van der Waals surface area contributed by atoms with Crippen molar-refractivity contribution in [3.8, 4) is 11.4 Å². The van der Waals surface area contributed by atoms with Gasteiger partial charge in [0.15, 0.2) is 0 Å². The van der Waals surface area contributed by atoms with E-state index in [1.807, 2.05) is 24.3 Å². The third-order valence-electron chi connectivity index (χ3n) is 2.93. The topological polar surface area (TPSA) is 51.0 Å². The van der Waals surface area contributed by atoms with Gasteiger partial charge in [-0.25, -0.2) is 0 Å². The molecule has 0 aliphatic heterocycles. The number of aromatic nitrogens is 2. The molecule has 0 unspecified atom stereocenters. The fourth-order valence-electron chi connectivity index (χ4n) is 1.78. The fraction of sp³-hybridized carbons (Fsp3) is 0.385. The van der Waals surface area contributed by atoms with Gasteiger partial charge in [0.05, 0.1) is 0 Å². The van der Waals surface area contributed by atoms with E-state index >= 15 is 0 Å². The average Bonchev–Trinajstić information content (AvgIpc) is 3.08. The molecule has 4 nitrogen and oxygen atoms in total. The lowest BCUT2D eigenvalue weighted by Crippen LogP contribution is -2.19. The monoisotopic (exact) mass is 307 g/mol. The summed E-state index contributed by atoms with van der Waals surface area (Å²) in [5.41, 5.74) is 0.961. The molecule has 1 aromatic carbocycles. The van der Waals surface area contributed by atoms with Crippen molar-refractivity contribution in [3.63, 3.8) is 0 Å². The maximum Gasteiger partial charge on any atom is 0.228 e. The Morgan fingerprint density at radius 3 is 2.94 bits per heavy atom. The Morgan fingerprint density at radius 2 is 2.17 bits per heavy atom. The van der Waals surface area contributed by atoms with Crippen molar-refractivity contribution in [1.29, 1.82) is 0 Å². The van der Waals surface area contributed by atoms with E-state index in [1.165, 1.54) is 12.8 Å². The minimum absolute atomic E-state index is 0.642. The molecule has 1 N–H and O–H groups in total. The highest BCUT2D eigenvalue weighted by molar-refractivity contribution is 9.10. The van der Waals surface area contributed by atoms with Crippen molar-refractivity contribution in [2.24, 2.45) is 0 Å². The molecule has 0 atom stereocenters. The molecule has 1 saturated carbocycles. The van der Waals surface area contributed by atoms with E-state index in [0.717, 1.165) is 29.0 Å². The van der Waals surface area contributed by atoms with Crippen LogP contribution in [0, 0.1) is 0 Å². The minimum atomic E-state index is 0.642. The summed E-state index contributed by atoms with van der Waals surface area (Å²) in [6.45, 7) is 0.905. The normalized spacial score (nSPS) is 14.9. The molecule has 3 rings (SSSR count). The number of benzene rings is 1. The van der Waals surface area contributed by atoms with Gasteiger partial charge in [-0.05, 0) is 25.0 Å². The Hall–Kier alpha value is -1.20. The molecule has 0 spiro atoms. The van der Waals surface area contributed by atoms with Crippen LogP contribution in [0.2, 0.25) is 0 Å². The highest BCUT2D eigenvalue weighted by atomic mass is 79.9. The van der Waals surface area contributed by atoms with Crippen LogP contribution in [0.15, 0.2) is 33.3 Å². The van der Waals surface area contributed by atoms with Gasteiger partial charge in [0, 0.05) is 29.0 Å². The van der Waals surface area contributed by atoms with Crippen LogP contribution in [0.5, 0.6) is 0 Å². The molecule has 0 amide bonds. The molecule has 2 aromatic rings. The highest BCUT2D eigenvalue weighted by Crippen LogP contribution is 2.25. The molecule has 1 heterocycles. The van der Waals surface area contributed by atoms with Gasteiger partial charge in [-0.2, -0.15) is 4.98 Å². The van der Waals surface area contributed by atoms with Gasteiger partial charge in [0.25, 0.3) is 0 Å². The van der Waals surface area contributed by atoms with Crippen LogP contribution in [-0.4, -0.2) is 22.7 Å². The SMILES string of the molecule is Brc1ccccc1-c1noc(CCNC2CC2)n1. The quantitative estimate of drug-likeness (QED) is 0.923. The van der Waals surface area contributed by atoms with Gasteiger partial charge >= 0.3 is 0 Å². The fourth-order valence-corrected chi connectivity index (χ4v) is 2.24. The van der Waals surface area contributed by atoms with Crippen molar-refractivity contribution < 1.29 is 4.52 Å². The Morgan fingerprint density at radius 1 is 1.33 bits per heavy atom. The number of nitrogens with zero attached hydrogens (tertiary/aromatic N) is 2. The van der Waals surface area contributed by atoms with E-state index in [2.05, 4.69) is 31.4 Å². The molecule has 1 fully saturated rings. The van der Waals surface area contributed by atoms with E-state index in [9.17, 15) is 0 Å². The van der Waals surface area contributed by atoms with E-state index in [1.54, 1.807) is 0 Å². The Labute approximate surface area is 114 Å². The zero-order chi connectivity index (χ0) is 12.4. The molecule has 18 heavy (non-hydrogen) atoms. The van der Waals surface area contributed by atoms with Crippen LogP contribution in [0.3, 0.4) is 0 Å². The second-order valence-corrected chi connectivity index (χ2v) is 5.32. The third-order valence-corrected chi connectivity index (χ3v) is 3.62. The molecule has 1 aliphatic carbocycles. The van der Waals surface area contributed by atoms with Gasteiger partial charge < -0.3 is 9.84 Å². The zero-order valence-electron chi connectivity index (χ0n) is 9.90. The molecule has 0 bridgehead atoms. The van der Waals surface area contributed by atoms with Crippen LogP contribution >= 0.6 is 15.9 Å². The summed E-state index contributed by atoms with van der Waals surface area (Å²) in [6, 6.07) is 8.59. The second kappa shape index (κ2) is 5.20. The summed E-state index contributed by atoms with van der Waals surface area (Å²) in [5, 5.41) is 7.45.